The number of carbonyl (C=O) groups is 2. The second-order valence-corrected chi connectivity index (χ2v) is 6.74. The lowest BCUT2D eigenvalue weighted by molar-refractivity contribution is -0.124. The molecule has 7 nitrogen and oxygen atoms in total. The minimum Gasteiger partial charge on any atom is -0.493 e. The number of benzene rings is 1. The van der Waals surface area contributed by atoms with Crippen molar-refractivity contribution < 1.29 is 23.8 Å². The molecule has 1 heterocycles. The van der Waals surface area contributed by atoms with Crippen LogP contribution in [0.15, 0.2) is 24.3 Å². The van der Waals surface area contributed by atoms with Crippen molar-refractivity contribution in [3.05, 3.63) is 24.3 Å². The Hall–Kier alpha value is -2.44. The monoisotopic (exact) mass is 364 g/mol. The van der Waals surface area contributed by atoms with Gasteiger partial charge in [-0.1, -0.05) is 26.0 Å². The van der Waals surface area contributed by atoms with Crippen molar-refractivity contribution in [2.45, 2.75) is 32.7 Å². The smallest absolute Gasteiger partial charge is 0.409 e. The summed E-state index contributed by atoms with van der Waals surface area (Å²) in [5.74, 6) is 1.26. The number of carbonyl (C=O) groups excluding carboxylic acids is 2. The number of nitrogens with one attached hydrogen (secondary N) is 1. The van der Waals surface area contributed by atoms with Crippen molar-refractivity contribution in [3.8, 4) is 11.5 Å². The van der Waals surface area contributed by atoms with Crippen LogP contribution < -0.4 is 14.8 Å². The first-order chi connectivity index (χ1) is 12.5. The van der Waals surface area contributed by atoms with Crippen LogP contribution in [0.5, 0.6) is 11.5 Å². The molecule has 1 fully saturated rings. The zero-order valence-corrected chi connectivity index (χ0v) is 15.7. The van der Waals surface area contributed by atoms with Crippen LogP contribution in [0, 0.1) is 5.92 Å². The highest BCUT2D eigenvalue weighted by atomic mass is 16.6. The Morgan fingerprint density at radius 2 is 1.85 bits per heavy atom. The third-order valence-electron chi connectivity index (χ3n) is 4.09. The van der Waals surface area contributed by atoms with Crippen LogP contribution >= 0.6 is 0 Å². The number of piperidine rings is 1. The SMILES string of the molecule is COc1ccccc1OCC(=O)NC1CCN(C(=O)OCC(C)C)CC1. The molecule has 7 heteroatoms. The number of hydrogen-bond donors (Lipinski definition) is 1. The van der Waals surface area contributed by atoms with Gasteiger partial charge in [-0.05, 0) is 30.9 Å². The zero-order chi connectivity index (χ0) is 18.9. The maximum absolute atomic E-state index is 12.1. The lowest BCUT2D eigenvalue weighted by Gasteiger charge is -2.31. The van der Waals surface area contributed by atoms with E-state index in [1.807, 2.05) is 26.0 Å². The summed E-state index contributed by atoms with van der Waals surface area (Å²) in [6.45, 7) is 5.52. The molecule has 1 aliphatic heterocycles. The topological polar surface area (TPSA) is 77.1 Å². The molecule has 0 bridgehead atoms. The lowest BCUT2D eigenvalue weighted by Crippen LogP contribution is -2.47. The van der Waals surface area contributed by atoms with Gasteiger partial charge in [-0.15, -0.1) is 0 Å². The quantitative estimate of drug-likeness (QED) is 0.804. The molecule has 0 radical (unpaired) electrons. The summed E-state index contributed by atoms with van der Waals surface area (Å²) in [5, 5.41) is 2.95. The third kappa shape index (κ3) is 6.13. The Bertz CT molecular complexity index is 597. The van der Waals surface area contributed by atoms with Crippen LogP contribution in [-0.4, -0.2) is 56.4 Å². The minimum atomic E-state index is -0.275. The molecule has 0 spiro atoms. The fourth-order valence-corrected chi connectivity index (χ4v) is 2.69. The molecule has 2 rings (SSSR count). The average molecular weight is 364 g/mol. The van der Waals surface area contributed by atoms with Gasteiger partial charge in [0.1, 0.15) is 0 Å². The van der Waals surface area contributed by atoms with E-state index in [0.29, 0.717) is 50.0 Å². The molecule has 1 aliphatic rings. The highest BCUT2D eigenvalue weighted by molar-refractivity contribution is 5.78. The highest BCUT2D eigenvalue weighted by Crippen LogP contribution is 2.25. The number of rotatable bonds is 7. The van der Waals surface area contributed by atoms with Gasteiger partial charge in [0.2, 0.25) is 0 Å². The molecule has 1 aromatic carbocycles. The summed E-state index contributed by atoms with van der Waals surface area (Å²) in [6.07, 6.45) is 1.14. The molecule has 1 N–H and O–H groups in total. The predicted octanol–water partition coefficient (Wildman–Crippen LogP) is 2.45. The van der Waals surface area contributed by atoms with Crippen LogP contribution in [0.4, 0.5) is 4.79 Å². The first-order valence-electron chi connectivity index (χ1n) is 8.96. The van der Waals surface area contributed by atoms with Crippen molar-refractivity contribution in [1.82, 2.24) is 10.2 Å². The Morgan fingerprint density at radius 1 is 1.19 bits per heavy atom. The van der Waals surface area contributed by atoms with Gasteiger partial charge < -0.3 is 24.4 Å². The standard InChI is InChI=1S/C19H28N2O5/c1-14(2)12-26-19(23)21-10-8-15(9-11-21)20-18(22)13-25-17-7-5-4-6-16(17)24-3/h4-7,14-15H,8-13H2,1-3H3,(H,20,22). The van der Waals surface area contributed by atoms with Crippen molar-refractivity contribution in [2.24, 2.45) is 5.92 Å². The number of hydrogen-bond acceptors (Lipinski definition) is 5. The Kier molecular flexibility index (Phi) is 7.56. The molecular formula is C19H28N2O5. The maximum Gasteiger partial charge on any atom is 0.409 e. The zero-order valence-electron chi connectivity index (χ0n) is 15.7. The van der Waals surface area contributed by atoms with E-state index < -0.39 is 0 Å². The van der Waals surface area contributed by atoms with Crippen LogP contribution in [-0.2, 0) is 9.53 Å². The molecule has 1 saturated heterocycles. The highest BCUT2D eigenvalue weighted by Gasteiger charge is 2.25. The number of para-hydroxylation sites is 2. The Morgan fingerprint density at radius 3 is 2.46 bits per heavy atom. The van der Waals surface area contributed by atoms with Gasteiger partial charge in [0.05, 0.1) is 13.7 Å². The molecular weight excluding hydrogens is 336 g/mol. The fourth-order valence-electron chi connectivity index (χ4n) is 2.69. The average Bonchev–Trinajstić information content (AvgIpc) is 2.65. The molecule has 0 saturated carbocycles. The van der Waals surface area contributed by atoms with Gasteiger partial charge in [-0.2, -0.15) is 0 Å². The molecule has 2 amide bonds. The molecule has 144 valence electrons. The van der Waals surface area contributed by atoms with Crippen LogP contribution in [0.3, 0.4) is 0 Å². The van der Waals surface area contributed by atoms with Crippen molar-refractivity contribution in [3.63, 3.8) is 0 Å². The number of ether oxygens (including phenoxy) is 3. The third-order valence-corrected chi connectivity index (χ3v) is 4.09. The summed E-state index contributed by atoms with van der Waals surface area (Å²) in [6, 6.07) is 7.24. The first kappa shape index (κ1) is 19.9. The van der Waals surface area contributed by atoms with Crippen molar-refractivity contribution >= 4 is 12.0 Å². The fraction of sp³-hybridized carbons (Fsp3) is 0.579. The Labute approximate surface area is 154 Å². The van der Waals surface area contributed by atoms with Gasteiger partial charge in [0.25, 0.3) is 5.91 Å². The summed E-state index contributed by atoms with van der Waals surface area (Å²) in [4.78, 5) is 25.7. The maximum atomic E-state index is 12.1. The molecule has 0 aliphatic carbocycles. The number of likely N-dealkylation sites (tertiary alicyclic amines) is 1. The van der Waals surface area contributed by atoms with Gasteiger partial charge in [0.15, 0.2) is 18.1 Å². The van der Waals surface area contributed by atoms with Gasteiger partial charge in [-0.25, -0.2) is 4.79 Å². The van der Waals surface area contributed by atoms with Gasteiger partial charge in [-0.3, -0.25) is 4.79 Å². The van der Waals surface area contributed by atoms with E-state index in [2.05, 4.69) is 5.32 Å². The van der Waals surface area contributed by atoms with Crippen molar-refractivity contribution in [1.29, 1.82) is 0 Å². The summed E-state index contributed by atoms with van der Waals surface area (Å²) < 4.78 is 16.0. The van der Waals surface area contributed by atoms with Crippen molar-refractivity contribution in [2.75, 3.05) is 33.4 Å². The second-order valence-electron chi connectivity index (χ2n) is 6.74. The van der Waals surface area contributed by atoms with E-state index in [9.17, 15) is 9.59 Å². The number of amides is 2. The summed E-state index contributed by atoms with van der Waals surface area (Å²) in [7, 11) is 1.56. The first-order valence-corrected chi connectivity index (χ1v) is 8.96. The molecule has 0 unspecified atom stereocenters. The van der Waals surface area contributed by atoms with E-state index in [4.69, 9.17) is 14.2 Å². The van der Waals surface area contributed by atoms with Crippen LogP contribution in [0.2, 0.25) is 0 Å². The van der Waals surface area contributed by atoms with Gasteiger partial charge >= 0.3 is 6.09 Å². The van der Waals surface area contributed by atoms with Gasteiger partial charge in [0, 0.05) is 19.1 Å². The second kappa shape index (κ2) is 9.89. The largest absolute Gasteiger partial charge is 0.493 e. The molecule has 1 aromatic rings. The lowest BCUT2D eigenvalue weighted by atomic mass is 10.1. The van der Waals surface area contributed by atoms with E-state index in [1.165, 1.54) is 0 Å². The molecule has 0 atom stereocenters. The predicted molar refractivity (Wildman–Crippen MR) is 97.4 cm³/mol. The van der Waals surface area contributed by atoms with E-state index in [0.717, 1.165) is 0 Å². The molecule has 0 aromatic heterocycles. The Balaban J connectivity index is 1.70. The van der Waals surface area contributed by atoms with Crippen LogP contribution in [0.25, 0.3) is 0 Å². The van der Waals surface area contributed by atoms with E-state index in [1.54, 1.807) is 24.1 Å². The van der Waals surface area contributed by atoms with E-state index >= 15 is 0 Å². The summed E-state index contributed by atoms with van der Waals surface area (Å²) >= 11 is 0. The number of methoxy groups -OCH3 is 1. The van der Waals surface area contributed by atoms with Crippen LogP contribution in [0.1, 0.15) is 26.7 Å². The summed E-state index contributed by atoms with van der Waals surface area (Å²) in [5.41, 5.74) is 0. The number of nitrogens with zero attached hydrogens (tertiary/aromatic N) is 1. The van der Waals surface area contributed by atoms with E-state index in [-0.39, 0.29) is 24.6 Å². The molecule has 26 heavy (non-hydrogen) atoms. The normalized spacial score (nSPS) is 14.8. The minimum absolute atomic E-state index is 0.0397.